The van der Waals surface area contributed by atoms with Gasteiger partial charge < -0.3 is 14.5 Å². The topological polar surface area (TPSA) is 45.7 Å². The number of hydrogen-bond acceptors (Lipinski definition) is 4. The molecule has 0 bridgehead atoms. The van der Waals surface area contributed by atoms with Crippen molar-refractivity contribution in [2.45, 2.75) is 0 Å². The quantitative estimate of drug-likeness (QED) is 0.730. The van der Waals surface area contributed by atoms with Gasteiger partial charge in [0.1, 0.15) is 5.75 Å². The molecular weight excluding hydrogens is 326 g/mol. The number of ether oxygens (including phenoxy) is 1. The van der Waals surface area contributed by atoms with Crippen LogP contribution in [0, 0.1) is 0 Å². The van der Waals surface area contributed by atoms with Crippen LogP contribution in [0.5, 0.6) is 5.75 Å². The predicted molar refractivity (Wildman–Crippen MR) is 103 cm³/mol. The zero-order valence-corrected chi connectivity index (χ0v) is 14.8. The van der Waals surface area contributed by atoms with E-state index in [4.69, 9.17) is 4.74 Å². The third kappa shape index (κ3) is 3.08. The molecule has 0 spiro atoms. The molecule has 26 heavy (non-hydrogen) atoms. The predicted octanol–water partition coefficient (Wildman–Crippen LogP) is 3.21. The molecule has 0 N–H and O–H groups in total. The van der Waals surface area contributed by atoms with Crippen molar-refractivity contribution < 1.29 is 9.53 Å². The fraction of sp³-hybridized carbons (Fsp3) is 0.238. The summed E-state index contributed by atoms with van der Waals surface area (Å²) in [7, 11) is 1.67. The van der Waals surface area contributed by atoms with Crippen LogP contribution in [-0.4, -0.2) is 49.1 Å². The Kier molecular flexibility index (Phi) is 4.44. The van der Waals surface area contributed by atoms with Crippen LogP contribution < -0.4 is 9.64 Å². The molecule has 1 amide bonds. The third-order valence-electron chi connectivity index (χ3n) is 4.88. The Labute approximate surface area is 152 Å². The zero-order chi connectivity index (χ0) is 17.9. The molecule has 5 heteroatoms. The lowest BCUT2D eigenvalue weighted by Crippen LogP contribution is -2.48. The average Bonchev–Trinajstić information content (AvgIpc) is 2.73. The number of carbonyl (C=O) groups excluding carboxylic acids is 1. The standard InChI is InChI=1S/C21H21N3O2/c1-26-17-8-6-16(7-9-17)23-12-14-24(15-13-23)21(25)19-10-11-22-20-5-3-2-4-18(19)20/h2-11H,12-15H2,1H3. The highest BCUT2D eigenvalue weighted by atomic mass is 16.5. The zero-order valence-electron chi connectivity index (χ0n) is 14.8. The van der Waals surface area contributed by atoms with E-state index >= 15 is 0 Å². The van der Waals surface area contributed by atoms with Crippen LogP contribution in [-0.2, 0) is 0 Å². The fourth-order valence-corrected chi connectivity index (χ4v) is 3.41. The fourth-order valence-electron chi connectivity index (χ4n) is 3.41. The highest BCUT2D eigenvalue weighted by molar-refractivity contribution is 6.06. The molecule has 132 valence electrons. The molecule has 3 aromatic rings. The second-order valence-electron chi connectivity index (χ2n) is 6.35. The first-order valence-electron chi connectivity index (χ1n) is 8.78. The number of rotatable bonds is 3. The Hall–Kier alpha value is -3.08. The molecule has 0 radical (unpaired) electrons. The SMILES string of the molecule is COc1ccc(N2CCN(C(=O)c3ccnc4ccccc34)CC2)cc1. The maximum atomic E-state index is 13.0. The van der Waals surface area contributed by atoms with Crippen LogP contribution in [0.1, 0.15) is 10.4 Å². The van der Waals surface area contributed by atoms with Gasteiger partial charge in [0.2, 0.25) is 0 Å². The first-order valence-corrected chi connectivity index (χ1v) is 8.78. The number of hydrogen-bond donors (Lipinski definition) is 0. The van der Waals surface area contributed by atoms with Gasteiger partial charge in [0.05, 0.1) is 18.2 Å². The van der Waals surface area contributed by atoms with Gasteiger partial charge in [0.15, 0.2) is 0 Å². The van der Waals surface area contributed by atoms with Crippen LogP contribution >= 0.6 is 0 Å². The van der Waals surface area contributed by atoms with Gasteiger partial charge >= 0.3 is 0 Å². The Morgan fingerprint density at radius 3 is 2.42 bits per heavy atom. The maximum absolute atomic E-state index is 13.0. The molecule has 0 unspecified atom stereocenters. The summed E-state index contributed by atoms with van der Waals surface area (Å²) in [5.41, 5.74) is 2.75. The molecule has 1 saturated heterocycles. The van der Waals surface area contributed by atoms with Crippen LogP contribution in [0.25, 0.3) is 10.9 Å². The number of nitrogens with zero attached hydrogens (tertiary/aromatic N) is 3. The van der Waals surface area contributed by atoms with Gasteiger partial charge in [0, 0.05) is 43.4 Å². The van der Waals surface area contributed by atoms with Gasteiger partial charge in [-0.1, -0.05) is 18.2 Å². The van der Waals surface area contributed by atoms with E-state index in [-0.39, 0.29) is 5.91 Å². The number of methoxy groups -OCH3 is 1. The van der Waals surface area contributed by atoms with Gasteiger partial charge in [-0.3, -0.25) is 9.78 Å². The van der Waals surface area contributed by atoms with Crippen molar-refractivity contribution in [2.24, 2.45) is 0 Å². The van der Waals surface area contributed by atoms with Crippen LogP contribution in [0.2, 0.25) is 0 Å². The highest BCUT2D eigenvalue weighted by Gasteiger charge is 2.23. The smallest absolute Gasteiger partial charge is 0.254 e. The minimum Gasteiger partial charge on any atom is -0.497 e. The van der Waals surface area contributed by atoms with E-state index in [0.717, 1.165) is 41.0 Å². The van der Waals surface area contributed by atoms with E-state index in [1.165, 1.54) is 0 Å². The second-order valence-corrected chi connectivity index (χ2v) is 6.35. The van der Waals surface area contributed by atoms with Crippen molar-refractivity contribution in [3.8, 4) is 5.75 Å². The van der Waals surface area contributed by atoms with Crippen molar-refractivity contribution in [1.82, 2.24) is 9.88 Å². The Morgan fingerprint density at radius 2 is 1.69 bits per heavy atom. The van der Waals surface area contributed by atoms with Crippen molar-refractivity contribution in [3.63, 3.8) is 0 Å². The molecule has 2 aromatic carbocycles. The lowest BCUT2D eigenvalue weighted by Gasteiger charge is -2.36. The van der Waals surface area contributed by atoms with E-state index in [1.54, 1.807) is 13.3 Å². The first-order chi connectivity index (χ1) is 12.8. The van der Waals surface area contributed by atoms with Gasteiger partial charge in [-0.2, -0.15) is 0 Å². The van der Waals surface area contributed by atoms with Crippen molar-refractivity contribution >= 4 is 22.5 Å². The van der Waals surface area contributed by atoms with Gasteiger partial charge in [-0.15, -0.1) is 0 Å². The van der Waals surface area contributed by atoms with E-state index in [2.05, 4.69) is 22.0 Å². The number of anilines is 1. The summed E-state index contributed by atoms with van der Waals surface area (Å²) in [6.45, 7) is 3.06. The van der Waals surface area contributed by atoms with Crippen LogP contribution in [0.3, 0.4) is 0 Å². The average molecular weight is 347 g/mol. The van der Waals surface area contributed by atoms with Crippen molar-refractivity contribution in [1.29, 1.82) is 0 Å². The van der Waals surface area contributed by atoms with E-state index in [9.17, 15) is 4.79 Å². The summed E-state index contributed by atoms with van der Waals surface area (Å²) in [5.74, 6) is 0.935. The van der Waals surface area contributed by atoms with Crippen molar-refractivity contribution in [2.75, 3.05) is 38.2 Å². The number of amides is 1. The second kappa shape index (κ2) is 7.04. The number of aromatic nitrogens is 1. The number of pyridine rings is 1. The molecule has 5 nitrogen and oxygen atoms in total. The molecule has 4 rings (SSSR count). The molecule has 0 atom stereocenters. The maximum Gasteiger partial charge on any atom is 0.254 e. The highest BCUT2D eigenvalue weighted by Crippen LogP contribution is 2.22. The molecule has 1 aliphatic rings. The minimum absolute atomic E-state index is 0.0815. The number of fused-ring (bicyclic) bond motifs is 1. The monoisotopic (exact) mass is 347 g/mol. The normalized spacial score (nSPS) is 14.5. The Morgan fingerprint density at radius 1 is 0.962 bits per heavy atom. The number of piperazine rings is 1. The summed E-state index contributed by atoms with van der Waals surface area (Å²) in [4.78, 5) is 21.6. The molecule has 0 saturated carbocycles. The van der Waals surface area contributed by atoms with Gasteiger partial charge in [0.25, 0.3) is 5.91 Å². The number of para-hydroxylation sites is 1. The Balaban J connectivity index is 1.48. The summed E-state index contributed by atoms with van der Waals surface area (Å²) < 4.78 is 5.21. The van der Waals surface area contributed by atoms with Crippen LogP contribution in [0.15, 0.2) is 60.8 Å². The molecule has 2 heterocycles. The van der Waals surface area contributed by atoms with Gasteiger partial charge in [-0.05, 0) is 36.4 Å². The molecular formula is C21H21N3O2. The lowest BCUT2D eigenvalue weighted by molar-refractivity contribution is 0.0748. The van der Waals surface area contributed by atoms with E-state index in [1.807, 2.05) is 47.4 Å². The summed E-state index contributed by atoms with van der Waals surface area (Å²) in [6.07, 6.45) is 1.71. The van der Waals surface area contributed by atoms with E-state index in [0.29, 0.717) is 13.1 Å². The number of benzene rings is 2. The Bertz CT molecular complexity index is 911. The largest absolute Gasteiger partial charge is 0.497 e. The van der Waals surface area contributed by atoms with E-state index < -0.39 is 0 Å². The summed E-state index contributed by atoms with van der Waals surface area (Å²) >= 11 is 0. The minimum atomic E-state index is 0.0815. The third-order valence-corrected chi connectivity index (χ3v) is 4.88. The van der Waals surface area contributed by atoms with Gasteiger partial charge in [-0.25, -0.2) is 0 Å². The number of carbonyl (C=O) groups is 1. The molecule has 1 aliphatic heterocycles. The summed E-state index contributed by atoms with van der Waals surface area (Å²) in [6, 6.07) is 17.7. The lowest BCUT2D eigenvalue weighted by atomic mass is 10.1. The molecule has 1 fully saturated rings. The van der Waals surface area contributed by atoms with Crippen molar-refractivity contribution in [3.05, 3.63) is 66.4 Å². The van der Waals surface area contributed by atoms with Crippen LogP contribution in [0.4, 0.5) is 5.69 Å². The molecule has 0 aliphatic carbocycles. The first kappa shape index (κ1) is 16.4. The summed E-state index contributed by atoms with van der Waals surface area (Å²) in [5, 5.41) is 0.914. The molecule has 1 aromatic heterocycles.